The van der Waals surface area contributed by atoms with Crippen molar-refractivity contribution in [1.82, 2.24) is 0 Å². The van der Waals surface area contributed by atoms with E-state index in [1.165, 1.54) is 5.56 Å². The molecule has 178 valence electrons. The Bertz CT molecular complexity index is 778. The number of esters is 1. The van der Waals surface area contributed by atoms with Crippen molar-refractivity contribution in [3.05, 3.63) is 109 Å². The third-order valence-corrected chi connectivity index (χ3v) is 4.96. The highest BCUT2D eigenvalue weighted by atomic mass is 16.5. The zero-order valence-electron chi connectivity index (χ0n) is 20.6. The molecule has 0 saturated heterocycles. The molecule has 1 unspecified atom stereocenters. The second-order valence-corrected chi connectivity index (χ2v) is 7.79. The molecule has 0 bridgehead atoms. The number of carbonyl (C=O) groups is 1. The van der Waals surface area contributed by atoms with Gasteiger partial charge in [-0.2, -0.15) is 0 Å². The first-order valence-corrected chi connectivity index (χ1v) is 12.4. The van der Waals surface area contributed by atoms with Crippen LogP contribution in [-0.4, -0.2) is 12.6 Å². The molecule has 0 saturated carbocycles. The SMILES string of the molecule is CCC=CCC=CCC=CCC=CCC=CCC=CCC(Cc1ccccc1)C(=O)OCC. The lowest BCUT2D eigenvalue weighted by Crippen LogP contribution is -2.19. The largest absolute Gasteiger partial charge is 0.466 e. The maximum Gasteiger partial charge on any atom is 0.309 e. The van der Waals surface area contributed by atoms with Gasteiger partial charge in [0.25, 0.3) is 0 Å². The summed E-state index contributed by atoms with van der Waals surface area (Å²) in [6.07, 6.45) is 33.6. The summed E-state index contributed by atoms with van der Waals surface area (Å²) in [5, 5.41) is 0. The lowest BCUT2D eigenvalue weighted by Gasteiger charge is -2.13. The molecule has 0 aliphatic carbocycles. The van der Waals surface area contributed by atoms with Crippen LogP contribution >= 0.6 is 0 Å². The minimum absolute atomic E-state index is 0.110. The van der Waals surface area contributed by atoms with Gasteiger partial charge < -0.3 is 4.74 Å². The first kappa shape index (κ1) is 28.2. The van der Waals surface area contributed by atoms with E-state index in [-0.39, 0.29) is 11.9 Å². The van der Waals surface area contributed by atoms with E-state index in [1.54, 1.807) is 0 Å². The van der Waals surface area contributed by atoms with Gasteiger partial charge >= 0.3 is 5.97 Å². The maximum absolute atomic E-state index is 12.3. The Balaban J connectivity index is 2.21. The summed E-state index contributed by atoms with van der Waals surface area (Å²) >= 11 is 0. The van der Waals surface area contributed by atoms with Gasteiger partial charge in [-0.3, -0.25) is 4.79 Å². The summed E-state index contributed by atoms with van der Waals surface area (Å²) in [5.41, 5.74) is 1.17. The fraction of sp³-hybridized carbons (Fsp3) is 0.387. The van der Waals surface area contributed by atoms with Gasteiger partial charge in [0.05, 0.1) is 12.5 Å². The molecule has 2 nitrogen and oxygen atoms in total. The van der Waals surface area contributed by atoms with Crippen molar-refractivity contribution in [2.45, 2.75) is 65.2 Å². The quantitative estimate of drug-likeness (QED) is 0.177. The van der Waals surface area contributed by atoms with E-state index in [1.807, 2.05) is 25.1 Å². The predicted octanol–water partition coefficient (Wildman–Crippen LogP) is 8.50. The predicted molar refractivity (Wildman–Crippen MR) is 143 cm³/mol. The standard InChI is InChI=1S/C31H42O2/c1-3-5-6-7-8-9-10-11-12-13-14-15-16-17-18-19-20-24-27-30(31(32)33-4-2)28-29-25-22-21-23-26-29/h5-6,8-9,11-12,14-15,17-18,20-26,30H,3-4,7,10,13,16,19,27-28H2,1-2H3. The minimum Gasteiger partial charge on any atom is -0.466 e. The van der Waals surface area contributed by atoms with Crippen LogP contribution in [0.4, 0.5) is 0 Å². The Hall–Kier alpha value is -2.87. The van der Waals surface area contributed by atoms with Crippen molar-refractivity contribution in [2.24, 2.45) is 5.92 Å². The van der Waals surface area contributed by atoms with Gasteiger partial charge in [-0.1, -0.05) is 110 Å². The van der Waals surface area contributed by atoms with Gasteiger partial charge in [0.1, 0.15) is 0 Å². The molecule has 0 fully saturated rings. The topological polar surface area (TPSA) is 26.3 Å². The molecular weight excluding hydrogens is 404 g/mol. The van der Waals surface area contributed by atoms with E-state index in [4.69, 9.17) is 4.74 Å². The van der Waals surface area contributed by atoms with E-state index in [0.29, 0.717) is 19.4 Å². The Morgan fingerprint density at radius 3 is 1.61 bits per heavy atom. The maximum atomic E-state index is 12.3. The Labute approximate surface area is 202 Å². The number of hydrogen-bond acceptors (Lipinski definition) is 2. The van der Waals surface area contributed by atoms with E-state index >= 15 is 0 Å². The molecule has 0 aromatic heterocycles. The van der Waals surface area contributed by atoms with Gasteiger partial charge in [-0.15, -0.1) is 0 Å². The van der Waals surface area contributed by atoms with Crippen molar-refractivity contribution in [1.29, 1.82) is 0 Å². The first-order chi connectivity index (χ1) is 16.3. The number of carbonyl (C=O) groups excluding carboxylic acids is 1. The van der Waals surface area contributed by atoms with Crippen LogP contribution < -0.4 is 0 Å². The molecule has 0 amide bonds. The molecule has 0 radical (unpaired) electrons. The molecule has 2 heteroatoms. The zero-order valence-corrected chi connectivity index (χ0v) is 20.6. The molecule has 1 aromatic carbocycles. The highest BCUT2D eigenvalue weighted by Gasteiger charge is 2.18. The first-order valence-electron chi connectivity index (χ1n) is 12.4. The van der Waals surface area contributed by atoms with Crippen molar-refractivity contribution in [3.8, 4) is 0 Å². The molecule has 1 atom stereocenters. The van der Waals surface area contributed by atoms with Gasteiger partial charge in [-0.05, 0) is 63.9 Å². The van der Waals surface area contributed by atoms with Crippen LogP contribution in [0.1, 0.15) is 64.4 Å². The van der Waals surface area contributed by atoms with Crippen LogP contribution in [0, 0.1) is 5.92 Å². The molecule has 0 spiro atoms. The van der Waals surface area contributed by atoms with Crippen LogP contribution in [0.3, 0.4) is 0 Å². The van der Waals surface area contributed by atoms with E-state index in [9.17, 15) is 4.79 Å². The lowest BCUT2D eigenvalue weighted by molar-refractivity contribution is -0.147. The molecule has 1 aromatic rings. The summed E-state index contributed by atoms with van der Waals surface area (Å²) in [6, 6.07) is 10.1. The summed E-state index contributed by atoms with van der Waals surface area (Å²) in [6.45, 7) is 4.44. The average Bonchev–Trinajstić information content (AvgIpc) is 2.83. The summed E-state index contributed by atoms with van der Waals surface area (Å²) in [4.78, 5) is 12.3. The Morgan fingerprint density at radius 2 is 1.15 bits per heavy atom. The van der Waals surface area contributed by atoms with Crippen molar-refractivity contribution >= 4 is 5.97 Å². The normalized spacial score (nSPS) is 13.5. The molecule has 0 aliphatic heterocycles. The second-order valence-electron chi connectivity index (χ2n) is 7.79. The second kappa shape index (κ2) is 21.0. The molecule has 0 heterocycles. The Morgan fingerprint density at radius 1 is 0.697 bits per heavy atom. The van der Waals surface area contributed by atoms with Crippen molar-refractivity contribution < 1.29 is 9.53 Å². The van der Waals surface area contributed by atoms with Gasteiger partial charge in [0, 0.05) is 0 Å². The van der Waals surface area contributed by atoms with Crippen LogP contribution in [0.15, 0.2) is 103 Å². The van der Waals surface area contributed by atoms with E-state index < -0.39 is 0 Å². The van der Waals surface area contributed by atoms with Crippen molar-refractivity contribution in [3.63, 3.8) is 0 Å². The lowest BCUT2D eigenvalue weighted by atomic mass is 9.96. The third kappa shape index (κ3) is 16.4. The average molecular weight is 447 g/mol. The van der Waals surface area contributed by atoms with Crippen LogP contribution in [0.25, 0.3) is 0 Å². The molecular formula is C31H42O2. The summed E-state index contributed by atoms with van der Waals surface area (Å²) in [7, 11) is 0. The van der Waals surface area contributed by atoms with Crippen LogP contribution in [0.5, 0.6) is 0 Å². The van der Waals surface area contributed by atoms with Gasteiger partial charge in [0.2, 0.25) is 0 Å². The van der Waals surface area contributed by atoms with Crippen molar-refractivity contribution in [2.75, 3.05) is 6.61 Å². The fourth-order valence-corrected chi connectivity index (χ4v) is 3.20. The van der Waals surface area contributed by atoms with Crippen LogP contribution in [0.2, 0.25) is 0 Å². The third-order valence-electron chi connectivity index (χ3n) is 4.96. The highest BCUT2D eigenvalue weighted by molar-refractivity contribution is 5.73. The number of ether oxygens (including phenoxy) is 1. The number of benzene rings is 1. The monoisotopic (exact) mass is 446 g/mol. The molecule has 33 heavy (non-hydrogen) atoms. The molecule has 0 N–H and O–H groups in total. The minimum atomic E-state index is -0.128. The number of allylic oxidation sites excluding steroid dienone is 12. The molecule has 0 aliphatic rings. The molecule has 1 rings (SSSR count). The van der Waals surface area contributed by atoms with Gasteiger partial charge in [0.15, 0.2) is 0 Å². The summed E-state index contributed by atoms with van der Waals surface area (Å²) in [5.74, 6) is -0.238. The fourth-order valence-electron chi connectivity index (χ4n) is 3.20. The highest BCUT2D eigenvalue weighted by Crippen LogP contribution is 2.15. The summed E-state index contributed by atoms with van der Waals surface area (Å²) < 4.78 is 5.26. The smallest absolute Gasteiger partial charge is 0.309 e. The van der Waals surface area contributed by atoms with Crippen LogP contribution in [-0.2, 0) is 16.0 Å². The number of hydrogen-bond donors (Lipinski definition) is 0. The number of rotatable bonds is 17. The van der Waals surface area contributed by atoms with E-state index in [0.717, 1.165) is 38.5 Å². The van der Waals surface area contributed by atoms with E-state index in [2.05, 4.69) is 92.0 Å². The zero-order chi connectivity index (χ0) is 23.8. The van der Waals surface area contributed by atoms with Gasteiger partial charge in [-0.25, -0.2) is 0 Å². The Kier molecular flexibility index (Phi) is 17.9.